The third kappa shape index (κ3) is 4.25. The first-order valence-corrected chi connectivity index (χ1v) is 9.04. The van der Waals surface area contributed by atoms with Gasteiger partial charge in [-0.25, -0.2) is 9.59 Å². The van der Waals surface area contributed by atoms with Gasteiger partial charge >= 0.3 is 11.9 Å². The summed E-state index contributed by atoms with van der Waals surface area (Å²) >= 11 is 0. The number of benzene rings is 1. The summed E-state index contributed by atoms with van der Waals surface area (Å²) in [4.78, 5) is 26.6. The topological polar surface area (TPSA) is 65.1 Å². The molecule has 0 saturated carbocycles. The SMILES string of the molecule is CCOc1ccc(C=C2C(=O)OC(C)(C)OC2=O)cc1CN1CCCC1. The van der Waals surface area contributed by atoms with Crippen LogP contribution in [-0.2, 0) is 25.6 Å². The highest BCUT2D eigenvalue weighted by Gasteiger charge is 2.38. The smallest absolute Gasteiger partial charge is 0.348 e. The predicted octanol–water partition coefficient (Wildman–Crippen LogP) is 2.90. The van der Waals surface area contributed by atoms with E-state index < -0.39 is 17.7 Å². The second-order valence-corrected chi connectivity index (χ2v) is 7.02. The number of ether oxygens (including phenoxy) is 3. The van der Waals surface area contributed by atoms with Crippen LogP contribution in [0.25, 0.3) is 6.08 Å². The molecule has 2 heterocycles. The van der Waals surface area contributed by atoms with Crippen molar-refractivity contribution in [2.24, 2.45) is 0 Å². The van der Waals surface area contributed by atoms with Crippen molar-refractivity contribution in [2.75, 3.05) is 19.7 Å². The zero-order valence-electron chi connectivity index (χ0n) is 15.5. The van der Waals surface area contributed by atoms with E-state index in [9.17, 15) is 9.59 Å². The van der Waals surface area contributed by atoms with Crippen LogP contribution in [-0.4, -0.2) is 42.3 Å². The lowest BCUT2D eigenvalue weighted by atomic mass is 10.1. The molecule has 3 rings (SSSR count). The number of nitrogens with zero attached hydrogens (tertiary/aromatic N) is 1. The number of carbonyl (C=O) groups is 2. The van der Waals surface area contributed by atoms with Gasteiger partial charge in [-0.05, 0) is 56.6 Å². The Morgan fingerprint density at radius 2 is 1.81 bits per heavy atom. The Bertz CT molecular complexity index is 710. The molecule has 0 bridgehead atoms. The average Bonchev–Trinajstić information content (AvgIpc) is 3.05. The summed E-state index contributed by atoms with van der Waals surface area (Å²) in [6, 6.07) is 5.66. The van der Waals surface area contributed by atoms with Crippen LogP contribution >= 0.6 is 0 Å². The fourth-order valence-electron chi connectivity index (χ4n) is 3.24. The van der Waals surface area contributed by atoms with Gasteiger partial charge in [-0.1, -0.05) is 6.07 Å². The molecule has 6 heteroatoms. The first-order valence-electron chi connectivity index (χ1n) is 9.04. The lowest BCUT2D eigenvalue weighted by Gasteiger charge is -2.29. The van der Waals surface area contributed by atoms with Crippen LogP contribution in [0, 0.1) is 0 Å². The fraction of sp³-hybridized carbons (Fsp3) is 0.500. The van der Waals surface area contributed by atoms with E-state index in [0.717, 1.165) is 36.5 Å². The largest absolute Gasteiger partial charge is 0.494 e. The van der Waals surface area contributed by atoms with Crippen molar-refractivity contribution < 1.29 is 23.8 Å². The molecule has 0 spiro atoms. The molecule has 140 valence electrons. The van der Waals surface area contributed by atoms with Crippen LogP contribution in [0.3, 0.4) is 0 Å². The number of esters is 2. The molecule has 1 aromatic rings. The number of hydrogen-bond acceptors (Lipinski definition) is 6. The van der Waals surface area contributed by atoms with E-state index in [1.54, 1.807) is 0 Å². The number of carbonyl (C=O) groups excluding carboxylic acids is 2. The van der Waals surface area contributed by atoms with Crippen molar-refractivity contribution in [1.82, 2.24) is 4.90 Å². The Hall–Kier alpha value is -2.34. The molecule has 0 N–H and O–H groups in total. The maximum atomic E-state index is 12.1. The lowest BCUT2D eigenvalue weighted by Crippen LogP contribution is -2.41. The number of cyclic esters (lactones) is 2. The summed E-state index contributed by atoms with van der Waals surface area (Å²) in [7, 11) is 0. The van der Waals surface area contributed by atoms with Gasteiger partial charge in [0.15, 0.2) is 0 Å². The molecule has 2 saturated heterocycles. The normalized spacial score (nSPS) is 19.9. The molecule has 2 fully saturated rings. The number of likely N-dealkylation sites (tertiary alicyclic amines) is 1. The molecule has 0 aliphatic carbocycles. The van der Waals surface area contributed by atoms with Crippen LogP contribution in [0.1, 0.15) is 44.7 Å². The van der Waals surface area contributed by atoms with E-state index in [1.807, 2.05) is 25.1 Å². The third-order valence-corrected chi connectivity index (χ3v) is 4.40. The summed E-state index contributed by atoms with van der Waals surface area (Å²) < 4.78 is 16.0. The van der Waals surface area contributed by atoms with E-state index in [4.69, 9.17) is 14.2 Å². The molecular weight excluding hydrogens is 334 g/mol. The van der Waals surface area contributed by atoms with Crippen molar-refractivity contribution in [3.8, 4) is 5.75 Å². The first kappa shape index (κ1) is 18.5. The Morgan fingerprint density at radius 1 is 1.15 bits per heavy atom. The van der Waals surface area contributed by atoms with E-state index in [-0.39, 0.29) is 5.57 Å². The zero-order valence-corrected chi connectivity index (χ0v) is 15.5. The maximum Gasteiger partial charge on any atom is 0.348 e. The van der Waals surface area contributed by atoms with Gasteiger partial charge in [0.2, 0.25) is 0 Å². The Morgan fingerprint density at radius 3 is 2.42 bits per heavy atom. The van der Waals surface area contributed by atoms with Gasteiger partial charge in [-0.3, -0.25) is 4.90 Å². The van der Waals surface area contributed by atoms with E-state index in [0.29, 0.717) is 6.61 Å². The van der Waals surface area contributed by atoms with Crippen molar-refractivity contribution in [3.05, 3.63) is 34.9 Å². The van der Waals surface area contributed by atoms with Gasteiger partial charge < -0.3 is 14.2 Å². The Kier molecular flexibility index (Phi) is 5.32. The van der Waals surface area contributed by atoms with E-state index >= 15 is 0 Å². The highest BCUT2D eigenvalue weighted by molar-refractivity contribution is 6.18. The number of hydrogen-bond donors (Lipinski definition) is 0. The minimum atomic E-state index is -1.23. The van der Waals surface area contributed by atoms with Gasteiger partial charge in [0.1, 0.15) is 11.3 Å². The van der Waals surface area contributed by atoms with Crippen LogP contribution in [0.4, 0.5) is 0 Å². The van der Waals surface area contributed by atoms with Crippen molar-refractivity contribution >= 4 is 18.0 Å². The summed E-state index contributed by atoms with van der Waals surface area (Å²) in [6.07, 6.45) is 3.94. The van der Waals surface area contributed by atoms with Crippen molar-refractivity contribution in [3.63, 3.8) is 0 Å². The summed E-state index contributed by atoms with van der Waals surface area (Å²) in [5, 5.41) is 0. The Balaban J connectivity index is 1.87. The summed E-state index contributed by atoms with van der Waals surface area (Å²) in [5.41, 5.74) is 1.69. The second-order valence-electron chi connectivity index (χ2n) is 7.02. The molecule has 2 aliphatic rings. The lowest BCUT2D eigenvalue weighted by molar-refractivity contribution is -0.222. The highest BCUT2D eigenvalue weighted by atomic mass is 16.7. The molecule has 26 heavy (non-hydrogen) atoms. The predicted molar refractivity (Wildman–Crippen MR) is 96.4 cm³/mol. The van der Waals surface area contributed by atoms with Crippen LogP contribution in [0.5, 0.6) is 5.75 Å². The molecule has 0 atom stereocenters. The van der Waals surface area contributed by atoms with Crippen LogP contribution in [0.2, 0.25) is 0 Å². The van der Waals surface area contributed by atoms with Gasteiger partial charge in [-0.15, -0.1) is 0 Å². The molecular formula is C20H25NO5. The molecule has 0 unspecified atom stereocenters. The summed E-state index contributed by atoms with van der Waals surface area (Å²) in [5.74, 6) is -1.73. The minimum Gasteiger partial charge on any atom is -0.494 e. The van der Waals surface area contributed by atoms with E-state index in [2.05, 4.69) is 4.90 Å². The molecule has 0 aromatic heterocycles. The molecule has 6 nitrogen and oxygen atoms in total. The fourth-order valence-corrected chi connectivity index (χ4v) is 3.24. The van der Waals surface area contributed by atoms with Gasteiger partial charge in [0, 0.05) is 26.0 Å². The third-order valence-electron chi connectivity index (χ3n) is 4.40. The minimum absolute atomic E-state index is 0.0967. The van der Waals surface area contributed by atoms with E-state index in [1.165, 1.54) is 32.8 Å². The zero-order chi connectivity index (χ0) is 18.7. The van der Waals surface area contributed by atoms with Gasteiger partial charge in [0.05, 0.1) is 6.61 Å². The number of rotatable bonds is 5. The molecule has 0 radical (unpaired) electrons. The standard InChI is InChI=1S/C20H25NO5/c1-4-24-17-8-7-14(11-15(17)13-21-9-5-6-10-21)12-16-18(22)25-20(2,3)26-19(16)23/h7-8,11-12H,4-6,9-10,13H2,1-3H3. The molecule has 2 aliphatic heterocycles. The molecule has 1 aromatic carbocycles. The Labute approximate surface area is 153 Å². The van der Waals surface area contributed by atoms with Crippen molar-refractivity contribution in [2.45, 2.75) is 45.9 Å². The van der Waals surface area contributed by atoms with Crippen LogP contribution < -0.4 is 4.74 Å². The highest BCUT2D eigenvalue weighted by Crippen LogP contribution is 2.27. The monoisotopic (exact) mass is 359 g/mol. The van der Waals surface area contributed by atoms with Crippen LogP contribution in [0.15, 0.2) is 23.8 Å². The quantitative estimate of drug-likeness (QED) is 0.458. The first-order chi connectivity index (χ1) is 12.4. The average molecular weight is 359 g/mol. The van der Waals surface area contributed by atoms with Crippen molar-refractivity contribution in [1.29, 1.82) is 0 Å². The van der Waals surface area contributed by atoms with Gasteiger partial charge in [0.25, 0.3) is 5.79 Å². The maximum absolute atomic E-state index is 12.1. The molecule has 0 amide bonds. The summed E-state index contributed by atoms with van der Waals surface area (Å²) in [6.45, 7) is 8.53. The van der Waals surface area contributed by atoms with Gasteiger partial charge in [-0.2, -0.15) is 0 Å². The second kappa shape index (κ2) is 7.50.